The fraction of sp³-hybridized carbons (Fsp3) is 0.350. The second kappa shape index (κ2) is 8.43. The molecule has 7 heteroatoms. The van der Waals surface area contributed by atoms with Crippen molar-refractivity contribution in [1.82, 2.24) is 5.32 Å². The van der Waals surface area contributed by atoms with Crippen molar-refractivity contribution in [2.45, 2.75) is 43.0 Å². The lowest BCUT2D eigenvalue weighted by Crippen LogP contribution is -2.36. The fourth-order valence-electron chi connectivity index (χ4n) is 3.24. The molecule has 0 aliphatic heterocycles. The summed E-state index contributed by atoms with van der Waals surface area (Å²) < 4.78 is 32.9. The number of amides is 1. The van der Waals surface area contributed by atoms with Gasteiger partial charge in [0.05, 0.1) is 23.3 Å². The number of ether oxygens (including phenoxy) is 1. The molecule has 0 bridgehead atoms. The Morgan fingerprint density at radius 2 is 1.67 bits per heavy atom. The van der Waals surface area contributed by atoms with Gasteiger partial charge in [0, 0.05) is 6.04 Å². The van der Waals surface area contributed by atoms with Gasteiger partial charge in [0.1, 0.15) is 5.75 Å². The Bertz CT molecular complexity index is 888. The van der Waals surface area contributed by atoms with Crippen LogP contribution >= 0.6 is 0 Å². The lowest BCUT2D eigenvalue weighted by Gasteiger charge is -2.23. The van der Waals surface area contributed by atoms with Gasteiger partial charge in [-0.1, -0.05) is 31.4 Å². The van der Waals surface area contributed by atoms with Crippen molar-refractivity contribution in [2.24, 2.45) is 0 Å². The van der Waals surface area contributed by atoms with Crippen LogP contribution in [-0.2, 0) is 10.0 Å². The molecule has 0 aromatic heterocycles. The van der Waals surface area contributed by atoms with E-state index in [9.17, 15) is 13.2 Å². The van der Waals surface area contributed by atoms with Crippen LogP contribution in [0, 0.1) is 0 Å². The first-order valence-electron chi connectivity index (χ1n) is 9.06. The number of benzene rings is 2. The van der Waals surface area contributed by atoms with Crippen LogP contribution in [0.3, 0.4) is 0 Å². The molecule has 1 fully saturated rings. The van der Waals surface area contributed by atoms with E-state index in [4.69, 9.17) is 4.74 Å². The van der Waals surface area contributed by atoms with Crippen LogP contribution in [0.15, 0.2) is 53.4 Å². The molecule has 3 rings (SSSR count). The van der Waals surface area contributed by atoms with Crippen molar-refractivity contribution in [3.05, 3.63) is 54.1 Å². The minimum Gasteiger partial charge on any atom is -0.497 e. The average molecular weight is 388 g/mol. The van der Waals surface area contributed by atoms with Crippen LogP contribution in [-0.4, -0.2) is 27.5 Å². The van der Waals surface area contributed by atoms with Crippen molar-refractivity contribution in [3.8, 4) is 5.75 Å². The number of carbonyl (C=O) groups is 1. The van der Waals surface area contributed by atoms with Crippen molar-refractivity contribution >= 4 is 21.6 Å². The first-order valence-corrected chi connectivity index (χ1v) is 10.5. The standard InChI is InChI=1S/C20H24N2O4S/c1-26-16-11-13-17(14-12-16)27(24,25)22-19-10-6-5-9-18(19)20(23)21-15-7-3-2-4-8-15/h5-6,9-15,22H,2-4,7-8H2,1H3,(H,21,23). The van der Waals surface area contributed by atoms with Crippen LogP contribution in [0.4, 0.5) is 5.69 Å². The molecule has 0 atom stereocenters. The van der Waals surface area contributed by atoms with E-state index in [1.165, 1.54) is 25.7 Å². The summed E-state index contributed by atoms with van der Waals surface area (Å²) in [5, 5.41) is 3.03. The molecular weight excluding hydrogens is 364 g/mol. The zero-order valence-corrected chi connectivity index (χ0v) is 16.1. The Hall–Kier alpha value is -2.54. The fourth-order valence-corrected chi connectivity index (χ4v) is 4.32. The summed E-state index contributed by atoms with van der Waals surface area (Å²) in [6, 6.07) is 12.9. The Morgan fingerprint density at radius 1 is 1.00 bits per heavy atom. The molecule has 2 aromatic carbocycles. The highest BCUT2D eigenvalue weighted by atomic mass is 32.2. The Labute approximate surface area is 160 Å². The highest BCUT2D eigenvalue weighted by Crippen LogP contribution is 2.23. The number of anilines is 1. The molecule has 144 valence electrons. The van der Waals surface area contributed by atoms with Gasteiger partial charge in [0.25, 0.3) is 15.9 Å². The normalized spacial score (nSPS) is 15.1. The molecule has 6 nitrogen and oxygen atoms in total. The molecule has 1 saturated carbocycles. The van der Waals surface area contributed by atoms with Gasteiger partial charge in [-0.25, -0.2) is 8.42 Å². The third-order valence-corrected chi connectivity index (χ3v) is 6.11. The van der Waals surface area contributed by atoms with Crippen LogP contribution in [0.2, 0.25) is 0 Å². The van der Waals surface area contributed by atoms with Gasteiger partial charge in [0.15, 0.2) is 0 Å². The van der Waals surface area contributed by atoms with E-state index in [1.54, 1.807) is 36.4 Å². The van der Waals surface area contributed by atoms with Gasteiger partial charge in [-0.2, -0.15) is 0 Å². The molecule has 27 heavy (non-hydrogen) atoms. The molecule has 1 aliphatic carbocycles. The van der Waals surface area contributed by atoms with Crippen LogP contribution < -0.4 is 14.8 Å². The number of carbonyl (C=O) groups excluding carboxylic acids is 1. The van der Waals surface area contributed by atoms with Crippen molar-refractivity contribution in [2.75, 3.05) is 11.8 Å². The van der Waals surface area contributed by atoms with E-state index in [2.05, 4.69) is 10.0 Å². The molecule has 0 spiro atoms. The molecule has 0 unspecified atom stereocenters. The van der Waals surface area contributed by atoms with Crippen molar-refractivity contribution in [1.29, 1.82) is 0 Å². The molecule has 2 aromatic rings. The number of para-hydroxylation sites is 1. The number of nitrogens with one attached hydrogen (secondary N) is 2. The number of hydrogen-bond acceptors (Lipinski definition) is 4. The summed E-state index contributed by atoms with van der Waals surface area (Å²) in [6.07, 6.45) is 5.34. The van der Waals surface area contributed by atoms with Crippen LogP contribution in [0.5, 0.6) is 5.75 Å². The molecule has 0 saturated heterocycles. The first kappa shape index (κ1) is 19.2. The highest BCUT2D eigenvalue weighted by molar-refractivity contribution is 7.92. The summed E-state index contributed by atoms with van der Waals surface area (Å²) in [5.74, 6) is 0.316. The van der Waals surface area contributed by atoms with E-state index in [1.807, 2.05) is 0 Å². The van der Waals surface area contributed by atoms with E-state index >= 15 is 0 Å². The summed E-state index contributed by atoms with van der Waals surface area (Å²) in [6.45, 7) is 0. The average Bonchev–Trinajstić information content (AvgIpc) is 2.69. The highest BCUT2D eigenvalue weighted by Gasteiger charge is 2.21. The maximum Gasteiger partial charge on any atom is 0.261 e. The minimum absolute atomic E-state index is 0.103. The minimum atomic E-state index is -3.81. The third kappa shape index (κ3) is 4.80. The lowest BCUT2D eigenvalue weighted by atomic mass is 9.95. The van der Waals surface area contributed by atoms with Gasteiger partial charge in [-0.05, 0) is 49.2 Å². The second-order valence-electron chi connectivity index (χ2n) is 6.64. The SMILES string of the molecule is COc1ccc(S(=O)(=O)Nc2ccccc2C(=O)NC2CCCCC2)cc1. The first-order chi connectivity index (χ1) is 13.0. The summed E-state index contributed by atoms with van der Waals surface area (Å²) >= 11 is 0. The second-order valence-corrected chi connectivity index (χ2v) is 8.32. The van der Waals surface area contributed by atoms with Gasteiger partial charge < -0.3 is 10.1 Å². The zero-order chi connectivity index (χ0) is 19.3. The molecular formula is C20H24N2O4S. The predicted molar refractivity (Wildman–Crippen MR) is 105 cm³/mol. The van der Waals surface area contributed by atoms with E-state index in [0.29, 0.717) is 11.3 Å². The van der Waals surface area contributed by atoms with E-state index in [0.717, 1.165) is 25.7 Å². The zero-order valence-electron chi connectivity index (χ0n) is 15.3. The molecule has 0 heterocycles. The Kier molecular flexibility index (Phi) is 6.01. The smallest absolute Gasteiger partial charge is 0.261 e. The third-order valence-electron chi connectivity index (χ3n) is 4.73. The predicted octanol–water partition coefficient (Wildman–Crippen LogP) is 3.56. The van der Waals surface area contributed by atoms with Gasteiger partial charge in [0.2, 0.25) is 0 Å². The van der Waals surface area contributed by atoms with Crippen molar-refractivity contribution < 1.29 is 17.9 Å². The maximum absolute atomic E-state index is 12.7. The Morgan fingerprint density at radius 3 is 2.33 bits per heavy atom. The largest absolute Gasteiger partial charge is 0.497 e. The summed E-state index contributed by atoms with van der Waals surface area (Å²) in [4.78, 5) is 12.8. The molecule has 0 radical (unpaired) electrons. The maximum atomic E-state index is 12.7. The summed E-state index contributed by atoms with van der Waals surface area (Å²) in [5.41, 5.74) is 0.585. The van der Waals surface area contributed by atoms with Crippen LogP contribution in [0.25, 0.3) is 0 Å². The number of hydrogen-bond donors (Lipinski definition) is 2. The van der Waals surface area contributed by atoms with Crippen molar-refractivity contribution in [3.63, 3.8) is 0 Å². The van der Waals surface area contributed by atoms with E-state index in [-0.39, 0.29) is 22.5 Å². The topological polar surface area (TPSA) is 84.5 Å². The van der Waals surface area contributed by atoms with Gasteiger partial charge >= 0.3 is 0 Å². The number of sulfonamides is 1. The quantitative estimate of drug-likeness (QED) is 0.792. The lowest BCUT2D eigenvalue weighted by molar-refractivity contribution is 0.0928. The van der Waals surface area contributed by atoms with E-state index < -0.39 is 10.0 Å². The summed E-state index contributed by atoms with van der Waals surface area (Å²) in [7, 11) is -2.30. The molecule has 2 N–H and O–H groups in total. The van der Waals surface area contributed by atoms with Crippen LogP contribution in [0.1, 0.15) is 42.5 Å². The van der Waals surface area contributed by atoms with Gasteiger partial charge in [-0.15, -0.1) is 0 Å². The number of methoxy groups -OCH3 is 1. The Balaban J connectivity index is 1.79. The van der Waals surface area contributed by atoms with Gasteiger partial charge in [-0.3, -0.25) is 9.52 Å². The molecule has 1 amide bonds. The monoisotopic (exact) mass is 388 g/mol. The number of rotatable bonds is 6. The molecule has 1 aliphatic rings.